The number of hydrogen-bond acceptors (Lipinski definition) is 5. The number of anilines is 1. The number of amides is 1. The van der Waals surface area contributed by atoms with Gasteiger partial charge in [0.1, 0.15) is 0 Å². The number of thiophene rings is 1. The largest absolute Gasteiger partial charge is 0.456 e. The molecule has 9 heteroatoms. The van der Waals surface area contributed by atoms with Gasteiger partial charge in [0, 0.05) is 6.42 Å². The summed E-state index contributed by atoms with van der Waals surface area (Å²) in [5.74, 6) is -1.36. The second-order valence-corrected chi connectivity index (χ2v) is 7.02. The van der Waals surface area contributed by atoms with Gasteiger partial charge in [-0.15, -0.1) is 11.3 Å². The van der Waals surface area contributed by atoms with Gasteiger partial charge in [-0.3, -0.25) is 14.4 Å². The number of benzene rings is 1. The van der Waals surface area contributed by atoms with Crippen molar-refractivity contribution in [1.82, 2.24) is 0 Å². The zero-order valence-corrected chi connectivity index (χ0v) is 15.8. The van der Waals surface area contributed by atoms with Crippen molar-refractivity contribution in [3.8, 4) is 0 Å². The molecule has 0 atom stereocenters. The molecule has 1 amide bonds. The third kappa shape index (κ3) is 6.01. The van der Waals surface area contributed by atoms with E-state index in [1.807, 2.05) is 0 Å². The topological polar surface area (TPSA) is 72.5 Å². The van der Waals surface area contributed by atoms with E-state index in [0.717, 1.165) is 0 Å². The Morgan fingerprint density at radius 1 is 1.04 bits per heavy atom. The highest BCUT2D eigenvalue weighted by Gasteiger charge is 2.14. The Kier molecular flexibility index (Phi) is 7.25. The van der Waals surface area contributed by atoms with Gasteiger partial charge in [-0.2, -0.15) is 0 Å². The molecule has 1 N–H and O–H groups in total. The molecule has 0 fully saturated rings. The second kappa shape index (κ2) is 9.20. The summed E-state index contributed by atoms with van der Waals surface area (Å²) in [6.45, 7) is -0.497. The number of ether oxygens (including phenoxy) is 1. The molecule has 25 heavy (non-hydrogen) atoms. The summed E-state index contributed by atoms with van der Waals surface area (Å²) in [6, 6.07) is 6.23. The number of ketones is 1. The van der Waals surface area contributed by atoms with Crippen LogP contribution >= 0.6 is 46.1 Å². The van der Waals surface area contributed by atoms with Crippen LogP contribution in [0.3, 0.4) is 0 Å². The lowest BCUT2D eigenvalue weighted by Gasteiger charge is -2.09. The molecule has 0 bridgehead atoms. The summed E-state index contributed by atoms with van der Waals surface area (Å²) < 4.78 is 4.84. The predicted octanol–water partition coefficient (Wildman–Crippen LogP) is 4.85. The highest BCUT2D eigenvalue weighted by atomic mass is 35.5. The SMILES string of the molecule is O=C(COC(=O)CCC(=O)c1cccs1)Nc1cc(Cl)c(Cl)cc1Cl. The van der Waals surface area contributed by atoms with Crippen LogP contribution in [0.5, 0.6) is 0 Å². The van der Waals surface area contributed by atoms with Gasteiger partial charge in [0.25, 0.3) is 5.91 Å². The van der Waals surface area contributed by atoms with Crippen LogP contribution in [-0.4, -0.2) is 24.3 Å². The van der Waals surface area contributed by atoms with Gasteiger partial charge in [0.15, 0.2) is 12.4 Å². The molecule has 0 spiro atoms. The van der Waals surface area contributed by atoms with Crippen LogP contribution in [0, 0.1) is 0 Å². The third-order valence-corrected chi connectivity index (χ3v) is 4.95. The second-order valence-electron chi connectivity index (χ2n) is 4.86. The first kappa shape index (κ1) is 19.7. The quantitative estimate of drug-likeness (QED) is 0.395. The van der Waals surface area contributed by atoms with Crippen molar-refractivity contribution >= 4 is 69.5 Å². The summed E-state index contributed by atoms with van der Waals surface area (Å²) in [5.41, 5.74) is 0.255. The summed E-state index contributed by atoms with van der Waals surface area (Å²) in [4.78, 5) is 35.8. The van der Waals surface area contributed by atoms with E-state index in [1.165, 1.54) is 23.5 Å². The standard InChI is InChI=1S/C16H12Cl3NO4S/c17-9-6-11(19)12(7-10(9)18)20-15(22)8-24-16(23)4-3-13(21)14-2-1-5-25-14/h1-2,5-7H,3-4,8H2,(H,20,22). The lowest BCUT2D eigenvalue weighted by Crippen LogP contribution is -2.21. The Morgan fingerprint density at radius 3 is 2.44 bits per heavy atom. The minimum absolute atomic E-state index is 0.0274. The predicted molar refractivity (Wildman–Crippen MR) is 98.9 cm³/mol. The number of hydrogen-bond donors (Lipinski definition) is 1. The first-order chi connectivity index (χ1) is 11.9. The van der Waals surface area contributed by atoms with Crippen molar-refractivity contribution in [3.63, 3.8) is 0 Å². The summed E-state index contributed by atoms with van der Waals surface area (Å²) in [5, 5.41) is 4.93. The average Bonchev–Trinajstić information content (AvgIpc) is 3.10. The van der Waals surface area contributed by atoms with E-state index in [2.05, 4.69) is 5.32 Å². The number of rotatable bonds is 7. The minimum Gasteiger partial charge on any atom is -0.456 e. The Morgan fingerprint density at radius 2 is 1.76 bits per heavy atom. The van der Waals surface area contributed by atoms with E-state index < -0.39 is 18.5 Å². The molecule has 2 aromatic rings. The summed E-state index contributed by atoms with van der Waals surface area (Å²) in [6.07, 6.45) is -0.0723. The van der Waals surface area contributed by atoms with Crippen LogP contribution in [-0.2, 0) is 14.3 Å². The lowest BCUT2D eigenvalue weighted by atomic mass is 10.2. The molecular formula is C16H12Cl3NO4S. The molecule has 5 nitrogen and oxygen atoms in total. The van der Waals surface area contributed by atoms with Gasteiger partial charge in [-0.1, -0.05) is 40.9 Å². The number of halogens is 3. The zero-order valence-electron chi connectivity index (χ0n) is 12.7. The molecule has 0 aliphatic rings. The van der Waals surface area contributed by atoms with Crippen molar-refractivity contribution in [3.05, 3.63) is 49.6 Å². The lowest BCUT2D eigenvalue weighted by molar-refractivity contribution is -0.147. The summed E-state index contributed by atoms with van der Waals surface area (Å²) in [7, 11) is 0. The first-order valence-corrected chi connectivity index (χ1v) is 9.05. The molecule has 132 valence electrons. The van der Waals surface area contributed by atoms with E-state index in [4.69, 9.17) is 39.5 Å². The van der Waals surface area contributed by atoms with Gasteiger partial charge in [0.05, 0.1) is 32.1 Å². The molecule has 1 aromatic heterocycles. The van der Waals surface area contributed by atoms with Crippen LogP contribution < -0.4 is 5.32 Å². The summed E-state index contributed by atoms with van der Waals surface area (Å²) >= 11 is 18.9. The number of nitrogens with one attached hydrogen (secondary N) is 1. The molecule has 1 heterocycles. The van der Waals surface area contributed by atoms with Crippen LogP contribution in [0.4, 0.5) is 5.69 Å². The van der Waals surface area contributed by atoms with Crippen LogP contribution in [0.1, 0.15) is 22.5 Å². The fourth-order valence-electron chi connectivity index (χ4n) is 1.80. The van der Waals surface area contributed by atoms with E-state index in [9.17, 15) is 14.4 Å². The van der Waals surface area contributed by atoms with E-state index >= 15 is 0 Å². The molecule has 0 aliphatic carbocycles. The molecule has 1 aromatic carbocycles. The van der Waals surface area contributed by atoms with Gasteiger partial charge >= 0.3 is 5.97 Å². The monoisotopic (exact) mass is 419 g/mol. The highest BCUT2D eigenvalue weighted by molar-refractivity contribution is 7.12. The van der Waals surface area contributed by atoms with Crippen molar-refractivity contribution in [2.24, 2.45) is 0 Å². The fourth-order valence-corrected chi connectivity index (χ4v) is 3.09. The number of carbonyl (C=O) groups is 3. The van der Waals surface area contributed by atoms with Crippen molar-refractivity contribution in [1.29, 1.82) is 0 Å². The number of Topliss-reactive ketones (excluding diaryl/α,β-unsaturated/α-hetero) is 1. The Labute approximate surface area is 162 Å². The van der Waals surface area contributed by atoms with E-state index in [1.54, 1.807) is 17.5 Å². The third-order valence-electron chi connectivity index (χ3n) is 3.00. The maximum atomic E-state index is 11.8. The molecule has 0 saturated heterocycles. The van der Waals surface area contributed by atoms with Crippen molar-refractivity contribution in [2.75, 3.05) is 11.9 Å². The maximum absolute atomic E-state index is 11.8. The molecule has 0 aliphatic heterocycles. The minimum atomic E-state index is -0.639. The van der Waals surface area contributed by atoms with Gasteiger partial charge in [-0.25, -0.2) is 0 Å². The number of carbonyl (C=O) groups excluding carboxylic acids is 3. The maximum Gasteiger partial charge on any atom is 0.306 e. The van der Waals surface area contributed by atoms with Crippen LogP contribution in [0.25, 0.3) is 0 Å². The molecule has 2 rings (SSSR count). The smallest absolute Gasteiger partial charge is 0.306 e. The Balaban J connectivity index is 1.77. The highest BCUT2D eigenvalue weighted by Crippen LogP contribution is 2.32. The van der Waals surface area contributed by atoms with E-state index in [0.29, 0.717) is 4.88 Å². The first-order valence-electron chi connectivity index (χ1n) is 7.03. The van der Waals surface area contributed by atoms with Gasteiger partial charge < -0.3 is 10.1 Å². The molecular weight excluding hydrogens is 409 g/mol. The van der Waals surface area contributed by atoms with Crippen LogP contribution in [0.2, 0.25) is 15.1 Å². The molecule has 0 unspecified atom stereocenters. The Hall–Kier alpha value is -1.60. The fraction of sp³-hybridized carbons (Fsp3) is 0.188. The average molecular weight is 421 g/mol. The molecule has 0 radical (unpaired) electrons. The van der Waals surface area contributed by atoms with Gasteiger partial charge in [0.2, 0.25) is 0 Å². The molecule has 0 saturated carbocycles. The van der Waals surface area contributed by atoms with E-state index in [-0.39, 0.29) is 39.4 Å². The van der Waals surface area contributed by atoms with Crippen molar-refractivity contribution in [2.45, 2.75) is 12.8 Å². The van der Waals surface area contributed by atoms with Crippen LogP contribution in [0.15, 0.2) is 29.6 Å². The normalized spacial score (nSPS) is 10.4. The van der Waals surface area contributed by atoms with Crippen molar-refractivity contribution < 1.29 is 19.1 Å². The van der Waals surface area contributed by atoms with Gasteiger partial charge in [-0.05, 0) is 23.6 Å². The Bertz CT molecular complexity index is 793. The number of esters is 1. The zero-order chi connectivity index (χ0) is 18.4.